The minimum absolute atomic E-state index is 0.440. The molecule has 1 rings (SSSR count). The largest absolute Gasteiger partial charge is 0.352 e. The second-order valence-corrected chi connectivity index (χ2v) is 4.00. The predicted octanol–water partition coefficient (Wildman–Crippen LogP) is 0.825. The van der Waals surface area contributed by atoms with E-state index in [9.17, 15) is 4.79 Å². The van der Waals surface area contributed by atoms with E-state index < -0.39 is 6.03 Å². The molecule has 82 valence electrons. The standard InChI is InChI=1S/C10H21N3O/c11-10(14)13-7-6-12-8-9-4-2-1-3-5-9/h9,12H,1-8H2,(H3,11,13,14). The minimum atomic E-state index is -0.440. The number of nitrogens with two attached hydrogens (primary N) is 1. The first-order chi connectivity index (χ1) is 6.79. The topological polar surface area (TPSA) is 67.2 Å². The summed E-state index contributed by atoms with van der Waals surface area (Å²) < 4.78 is 0. The average molecular weight is 199 g/mol. The Balaban J connectivity index is 1.90. The van der Waals surface area contributed by atoms with Gasteiger partial charge in [0, 0.05) is 13.1 Å². The molecule has 1 aliphatic carbocycles. The van der Waals surface area contributed by atoms with E-state index in [0.29, 0.717) is 6.54 Å². The third-order valence-corrected chi connectivity index (χ3v) is 2.76. The zero-order chi connectivity index (χ0) is 10.2. The maximum absolute atomic E-state index is 10.3. The van der Waals surface area contributed by atoms with Crippen molar-refractivity contribution in [3.05, 3.63) is 0 Å². The van der Waals surface area contributed by atoms with Gasteiger partial charge < -0.3 is 16.4 Å². The van der Waals surface area contributed by atoms with Crippen molar-refractivity contribution in [1.82, 2.24) is 10.6 Å². The molecule has 0 atom stereocenters. The van der Waals surface area contributed by atoms with Gasteiger partial charge in [-0.25, -0.2) is 4.79 Å². The Kier molecular flexibility index (Phi) is 5.37. The Labute approximate surface area is 85.6 Å². The van der Waals surface area contributed by atoms with Crippen LogP contribution in [0.25, 0.3) is 0 Å². The second-order valence-electron chi connectivity index (χ2n) is 4.00. The lowest BCUT2D eigenvalue weighted by Gasteiger charge is -2.21. The predicted molar refractivity (Wildman–Crippen MR) is 57.0 cm³/mol. The molecule has 0 heterocycles. The zero-order valence-corrected chi connectivity index (χ0v) is 8.72. The number of urea groups is 1. The van der Waals surface area contributed by atoms with Gasteiger partial charge in [0.05, 0.1) is 0 Å². The average Bonchev–Trinajstić information content (AvgIpc) is 2.18. The fraction of sp³-hybridized carbons (Fsp3) is 0.900. The van der Waals surface area contributed by atoms with Gasteiger partial charge in [-0.1, -0.05) is 19.3 Å². The van der Waals surface area contributed by atoms with Crippen molar-refractivity contribution in [2.75, 3.05) is 19.6 Å². The number of hydrogen-bond acceptors (Lipinski definition) is 2. The van der Waals surface area contributed by atoms with Gasteiger partial charge in [0.1, 0.15) is 0 Å². The van der Waals surface area contributed by atoms with Gasteiger partial charge in [0.2, 0.25) is 0 Å². The summed E-state index contributed by atoms with van der Waals surface area (Å²) in [5.74, 6) is 0.845. The fourth-order valence-electron chi connectivity index (χ4n) is 1.97. The monoisotopic (exact) mass is 199 g/mol. The summed E-state index contributed by atoms with van der Waals surface area (Å²) in [7, 11) is 0. The first-order valence-electron chi connectivity index (χ1n) is 5.53. The van der Waals surface area contributed by atoms with Gasteiger partial charge in [0.25, 0.3) is 0 Å². The van der Waals surface area contributed by atoms with E-state index in [1.54, 1.807) is 0 Å². The Hall–Kier alpha value is -0.770. The normalized spacial score (nSPS) is 18.0. The second kappa shape index (κ2) is 6.65. The molecule has 4 N–H and O–H groups in total. The van der Waals surface area contributed by atoms with Gasteiger partial charge in [-0.15, -0.1) is 0 Å². The molecule has 2 amide bonds. The van der Waals surface area contributed by atoms with Crippen LogP contribution in [-0.2, 0) is 0 Å². The van der Waals surface area contributed by atoms with Crippen LogP contribution in [-0.4, -0.2) is 25.7 Å². The molecule has 1 aliphatic rings. The molecule has 14 heavy (non-hydrogen) atoms. The molecule has 4 heteroatoms. The van der Waals surface area contributed by atoms with E-state index in [1.165, 1.54) is 32.1 Å². The molecule has 0 spiro atoms. The van der Waals surface area contributed by atoms with Gasteiger partial charge in [-0.05, 0) is 25.3 Å². The van der Waals surface area contributed by atoms with Gasteiger partial charge >= 0.3 is 6.03 Å². The third-order valence-electron chi connectivity index (χ3n) is 2.76. The number of nitrogens with one attached hydrogen (secondary N) is 2. The van der Waals surface area contributed by atoms with E-state index in [1.807, 2.05) is 0 Å². The van der Waals surface area contributed by atoms with Crippen LogP contribution in [0.5, 0.6) is 0 Å². The maximum Gasteiger partial charge on any atom is 0.312 e. The van der Waals surface area contributed by atoms with Crippen LogP contribution in [0.4, 0.5) is 4.79 Å². The summed E-state index contributed by atoms with van der Waals surface area (Å²) in [6.07, 6.45) is 6.88. The highest BCUT2D eigenvalue weighted by atomic mass is 16.2. The first kappa shape index (κ1) is 11.3. The number of primary amides is 1. The van der Waals surface area contributed by atoms with Crippen LogP contribution < -0.4 is 16.4 Å². The van der Waals surface area contributed by atoms with Crippen LogP contribution in [0.15, 0.2) is 0 Å². The summed E-state index contributed by atoms with van der Waals surface area (Å²) in [4.78, 5) is 10.3. The highest BCUT2D eigenvalue weighted by molar-refractivity contribution is 5.71. The van der Waals surface area contributed by atoms with Crippen LogP contribution in [0.1, 0.15) is 32.1 Å². The molecule has 0 aromatic carbocycles. The number of carbonyl (C=O) groups is 1. The Bertz CT molecular complexity index is 167. The van der Waals surface area contributed by atoms with E-state index in [0.717, 1.165) is 19.0 Å². The van der Waals surface area contributed by atoms with Crippen LogP contribution in [0, 0.1) is 5.92 Å². The number of hydrogen-bond donors (Lipinski definition) is 3. The van der Waals surface area contributed by atoms with Crippen molar-refractivity contribution in [1.29, 1.82) is 0 Å². The molecule has 0 aliphatic heterocycles. The summed E-state index contributed by atoms with van der Waals surface area (Å²) in [6, 6.07) is -0.440. The lowest BCUT2D eigenvalue weighted by atomic mass is 9.89. The van der Waals surface area contributed by atoms with Gasteiger partial charge in [-0.2, -0.15) is 0 Å². The number of rotatable bonds is 5. The summed E-state index contributed by atoms with van der Waals surface area (Å²) in [6.45, 7) is 2.53. The smallest absolute Gasteiger partial charge is 0.312 e. The quantitative estimate of drug-likeness (QED) is 0.574. The lowest BCUT2D eigenvalue weighted by molar-refractivity contribution is 0.248. The van der Waals surface area contributed by atoms with E-state index in [-0.39, 0.29) is 0 Å². The molecular formula is C10H21N3O. The summed E-state index contributed by atoms with van der Waals surface area (Å²) in [5.41, 5.74) is 4.94. The fourth-order valence-corrected chi connectivity index (χ4v) is 1.97. The molecular weight excluding hydrogens is 178 g/mol. The van der Waals surface area contributed by atoms with Gasteiger partial charge in [0.15, 0.2) is 0 Å². The molecule has 0 saturated heterocycles. The Morgan fingerprint density at radius 2 is 1.93 bits per heavy atom. The molecule has 1 saturated carbocycles. The molecule has 0 radical (unpaired) electrons. The Morgan fingerprint density at radius 1 is 1.21 bits per heavy atom. The lowest BCUT2D eigenvalue weighted by Crippen LogP contribution is -2.36. The maximum atomic E-state index is 10.3. The van der Waals surface area contributed by atoms with Crippen LogP contribution in [0.3, 0.4) is 0 Å². The van der Waals surface area contributed by atoms with E-state index in [4.69, 9.17) is 5.73 Å². The van der Waals surface area contributed by atoms with E-state index in [2.05, 4.69) is 10.6 Å². The van der Waals surface area contributed by atoms with Crippen molar-refractivity contribution >= 4 is 6.03 Å². The molecule has 4 nitrogen and oxygen atoms in total. The molecule has 0 bridgehead atoms. The van der Waals surface area contributed by atoms with Crippen molar-refractivity contribution < 1.29 is 4.79 Å². The number of amides is 2. The molecule has 0 unspecified atom stereocenters. The van der Waals surface area contributed by atoms with Crippen molar-refractivity contribution in [3.8, 4) is 0 Å². The van der Waals surface area contributed by atoms with Crippen molar-refractivity contribution in [3.63, 3.8) is 0 Å². The molecule has 0 aromatic rings. The zero-order valence-electron chi connectivity index (χ0n) is 8.72. The summed E-state index contributed by atoms with van der Waals surface area (Å²) in [5, 5.41) is 5.90. The molecule has 1 fully saturated rings. The van der Waals surface area contributed by atoms with Crippen molar-refractivity contribution in [2.45, 2.75) is 32.1 Å². The van der Waals surface area contributed by atoms with E-state index >= 15 is 0 Å². The third kappa shape index (κ3) is 5.07. The Morgan fingerprint density at radius 3 is 2.57 bits per heavy atom. The van der Waals surface area contributed by atoms with Gasteiger partial charge in [-0.3, -0.25) is 0 Å². The molecule has 0 aromatic heterocycles. The van der Waals surface area contributed by atoms with Crippen molar-refractivity contribution in [2.24, 2.45) is 11.7 Å². The highest BCUT2D eigenvalue weighted by Gasteiger charge is 2.12. The minimum Gasteiger partial charge on any atom is -0.352 e. The van der Waals surface area contributed by atoms with Crippen LogP contribution in [0.2, 0.25) is 0 Å². The highest BCUT2D eigenvalue weighted by Crippen LogP contribution is 2.22. The van der Waals surface area contributed by atoms with Crippen LogP contribution >= 0.6 is 0 Å². The number of carbonyl (C=O) groups excluding carboxylic acids is 1. The SMILES string of the molecule is NC(=O)NCCNCC1CCCCC1. The summed E-state index contributed by atoms with van der Waals surface area (Å²) >= 11 is 0. The first-order valence-corrected chi connectivity index (χ1v) is 5.53.